The largest absolute Gasteiger partial charge is 0.384 e. The lowest BCUT2D eigenvalue weighted by molar-refractivity contribution is -0.131. The highest BCUT2D eigenvalue weighted by Crippen LogP contribution is 2.24. The Labute approximate surface area is 239 Å². The van der Waals surface area contributed by atoms with Crippen molar-refractivity contribution in [1.82, 2.24) is 15.5 Å². The summed E-state index contributed by atoms with van der Waals surface area (Å²) in [5.74, 6) is 1.31. The van der Waals surface area contributed by atoms with Gasteiger partial charge in [-0.25, -0.2) is 0 Å². The molecule has 0 spiro atoms. The summed E-state index contributed by atoms with van der Waals surface area (Å²) in [4.78, 5) is 33.0. The molecule has 2 aromatic carbocycles. The van der Waals surface area contributed by atoms with Gasteiger partial charge in [0.15, 0.2) is 0 Å². The van der Waals surface area contributed by atoms with Crippen LogP contribution in [-0.4, -0.2) is 49.8 Å². The Morgan fingerprint density at radius 1 is 1.10 bits per heavy atom. The second-order valence-corrected chi connectivity index (χ2v) is 10.3. The van der Waals surface area contributed by atoms with E-state index in [0.29, 0.717) is 38.2 Å². The number of hydrogen-bond donors (Lipinski definition) is 3. The molecule has 1 aliphatic carbocycles. The summed E-state index contributed by atoms with van der Waals surface area (Å²) >= 11 is 0. The average molecular weight is 548 g/mol. The third-order valence-corrected chi connectivity index (χ3v) is 5.76. The first-order valence-electron chi connectivity index (χ1n) is 13.9. The maximum atomic E-state index is 12.3. The number of benzene rings is 2. The van der Waals surface area contributed by atoms with Crippen molar-refractivity contribution in [2.24, 2.45) is 11.8 Å². The number of allylic oxidation sites excluding steroid dienone is 3. The molecule has 0 saturated carbocycles. The van der Waals surface area contributed by atoms with Crippen LogP contribution in [-0.2, 0) is 14.4 Å². The van der Waals surface area contributed by atoms with E-state index in [2.05, 4.69) is 67.9 Å². The zero-order valence-electron chi connectivity index (χ0n) is 24.5. The van der Waals surface area contributed by atoms with Crippen molar-refractivity contribution in [1.29, 1.82) is 5.26 Å². The first-order valence-corrected chi connectivity index (χ1v) is 13.9. The van der Waals surface area contributed by atoms with Crippen molar-refractivity contribution in [2.45, 2.75) is 59.4 Å². The van der Waals surface area contributed by atoms with Crippen LogP contribution in [0.5, 0.6) is 0 Å². The van der Waals surface area contributed by atoms with Gasteiger partial charge < -0.3 is 20.9 Å². The molecule has 1 aliphatic heterocycles. The number of fused-ring (bicyclic) bond motifs is 1. The van der Waals surface area contributed by atoms with Crippen LogP contribution in [0.2, 0.25) is 0 Å². The fraction of sp³-hybridized carbons (Fsp3) is 0.438. The second-order valence-electron chi connectivity index (χ2n) is 10.3. The Morgan fingerprint density at radius 3 is 2.38 bits per heavy atom. The summed E-state index contributed by atoms with van der Waals surface area (Å²) in [6.45, 7) is 9.87. The van der Waals surface area contributed by atoms with Gasteiger partial charge in [-0.3, -0.25) is 14.4 Å². The van der Waals surface area contributed by atoms with Gasteiger partial charge in [-0.2, -0.15) is 5.26 Å². The number of nitriles is 1. The Kier molecular flexibility index (Phi) is 16.8. The van der Waals surface area contributed by atoms with E-state index in [1.54, 1.807) is 11.9 Å². The van der Waals surface area contributed by atoms with Gasteiger partial charge >= 0.3 is 0 Å². The zero-order chi connectivity index (χ0) is 29.8. The Bertz CT molecular complexity index is 1140. The highest BCUT2D eigenvalue weighted by molar-refractivity contribution is 5.93. The molecule has 40 heavy (non-hydrogen) atoms. The van der Waals surface area contributed by atoms with Crippen LogP contribution in [0.3, 0.4) is 0 Å². The van der Waals surface area contributed by atoms with Gasteiger partial charge in [-0.15, -0.1) is 0 Å². The summed E-state index contributed by atoms with van der Waals surface area (Å²) in [6, 6.07) is 16.3. The van der Waals surface area contributed by atoms with E-state index < -0.39 is 0 Å². The van der Waals surface area contributed by atoms with E-state index in [4.69, 9.17) is 10.1 Å². The molecule has 4 rings (SSSR count). The van der Waals surface area contributed by atoms with Gasteiger partial charge in [-0.1, -0.05) is 76.2 Å². The van der Waals surface area contributed by atoms with Crippen LogP contribution >= 0.6 is 0 Å². The number of hydrogen-bond acceptors (Lipinski definition) is 5. The highest BCUT2D eigenvalue weighted by Gasteiger charge is 2.32. The van der Waals surface area contributed by atoms with Crippen LogP contribution in [0.25, 0.3) is 10.8 Å². The normalized spacial score (nSPS) is 16.9. The topological polar surface area (TPSA) is 114 Å². The standard InChI is InChI=1S/C19H21N3O.C7H9NO.C4H10.C2H5NO/c1-14-11-16(12-20)22(13-14)19(23)9-10-21-18-8-4-6-15-5-2-3-7-17(15)18;9-6-8-7-4-2-1-3-5-7;1-4(2)3;1-3-2-4/h2-8,14,16,21H,9-11,13H2,1H3;2,4-6H,1,3H2,(H,8,9);4H,1-3H3;2H,1H3,(H,3,4). The number of nitrogens with zero attached hydrogens (tertiary/aromatic N) is 2. The fourth-order valence-electron chi connectivity index (χ4n) is 4.06. The molecular weight excluding hydrogens is 502 g/mol. The lowest BCUT2D eigenvalue weighted by atomic mass is 10.1. The molecule has 3 amide bonds. The van der Waals surface area contributed by atoms with Gasteiger partial charge in [0.25, 0.3) is 0 Å². The average Bonchev–Trinajstić information content (AvgIpc) is 3.35. The SMILES string of the molecule is CC(C)C.CC1CC(C#N)N(C(=O)CCNc2cccc3ccccc23)C1.CNC=O.O=CNC1=CCCC=C1. The van der Waals surface area contributed by atoms with Crippen LogP contribution in [0.4, 0.5) is 5.69 Å². The first kappa shape index (κ1) is 33.9. The van der Waals surface area contributed by atoms with Crippen molar-refractivity contribution in [3.8, 4) is 6.07 Å². The third kappa shape index (κ3) is 13.1. The Hall–Kier alpha value is -4.12. The third-order valence-electron chi connectivity index (χ3n) is 5.76. The van der Waals surface area contributed by atoms with E-state index >= 15 is 0 Å². The van der Waals surface area contributed by atoms with E-state index in [-0.39, 0.29) is 11.9 Å². The first-order chi connectivity index (χ1) is 19.3. The summed E-state index contributed by atoms with van der Waals surface area (Å²) in [7, 11) is 1.56. The van der Waals surface area contributed by atoms with E-state index in [9.17, 15) is 9.59 Å². The lowest BCUT2D eigenvalue weighted by Gasteiger charge is -2.20. The lowest BCUT2D eigenvalue weighted by Crippen LogP contribution is -2.35. The molecular formula is C32H45N5O3. The minimum atomic E-state index is -0.255. The maximum Gasteiger partial charge on any atom is 0.225 e. The summed E-state index contributed by atoms with van der Waals surface area (Å²) in [5, 5.41) is 19.7. The number of rotatable bonds is 7. The van der Waals surface area contributed by atoms with Crippen LogP contribution in [0, 0.1) is 23.2 Å². The van der Waals surface area contributed by atoms with E-state index in [0.717, 1.165) is 42.0 Å². The molecule has 3 N–H and O–H groups in total. The quantitative estimate of drug-likeness (QED) is 0.402. The second kappa shape index (κ2) is 19.9. The zero-order valence-corrected chi connectivity index (χ0v) is 24.5. The molecule has 2 aliphatic rings. The van der Waals surface area contributed by atoms with Crippen molar-refractivity contribution < 1.29 is 14.4 Å². The number of likely N-dealkylation sites (tertiary alicyclic amines) is 1. The number of nitrogens with one attached hydrogen (secondary N) is 3. The van der Waals surface area contributed by atoms with Crippen molar-refractivity contribution in [3.05, 3.63) is 66.4 Å². The van der Waals surface area contributed by atoms with Gasteiger partial charge in [0.05, 0.1) is 6.07 Å². The molecule has 8 heteroatoms. The van der Waals surface area contributed by atoms with Crippen molar-refractivity contribution in [3.63, 3.8) is 0 Å². The number of carbonyl (C=O) groups excluding carboxylic acids is 3. The van der Waals surface area contributed by atoms with E-state index in [1.807, 2.05) is 42.5 Å². The van der Waals surface area contributed by atoms with Gasteiger partial charge in [0.2, 0.25) is 18.7 Å². The van der Waals surface area contributed by atoms with Crippen LogP contribution in [0.1, 0.15) is 53.4 Å². The summed E-state index contributed by atoms with van der Waals surface area (Å²) < 4.78 is 0. The molecule has 216 valence electrons. The minimum Gasteiger partial charge on any atom is -0.384 e. The molecule has 1 fully saturated rings. The molecule has 2 atom stereocenters. The molecule has 2 aromatic rings. The van der Waals surface area contributed by atoms with Gasteiger partial charge in [0, 0.05) is 43.3 Å². The summed E-state index contributed by atoms with van der Waals surface area (Å²) in [5.41, 5.74) is 1.96. The Morgan fingerprint density at radius 2 is 1.77 bits per heavy atom. The maximum absolute atomic E-state index is 12.3. The van der Waals surface area contributed by atoms with Gasteiger partial charge in [0.1, 0.15) is 6.04 Å². The molecule has 0 aromatic heterocycles. The number of carbonyl (C=O) groups is 3. The minimum absolute atomic E-state index is 0.0636. The van der Waals surface area contributed by atoms with Crippen LogP contribution in [0.15, 0.2) is 66.4 Å². The fourth-order valence-corrected chi connectivity index (χ4v) is 4.06. The van der Waals surface area contributed by atoms with E-state index in [1.165, 1.54) is 5.39 Å². The number of amides is 3. The van der Waals surface area contributed by atoms with Crippen molar-refractivity contribution >= 4 is 35.2 Å². The predicted molar refractivity (Wildman–Crippen MR) is 163 cm³/mol. The smallest absolute Gasteiger partial charge is 0.225 e. The molecule has 2 unspecified atom stereocenters. The molecule has 8 nitrogen and oxygen atoms in total. The Balaban J connectivity index is 0.000000386. The highest BCUT2D eigenvalue weighted by atomic mass is 16.2. The summed E-state index contributed by atoms with van der Waals surface area (Å²) in [6.07, 6.45) is 10.6. The van der Waals surface area contributed by atoms with Crippen molar-refractivity contribution in [2.75, 3.05) is 25.5 Å². The van der Waals surface area contributed by atoms with Gasteiger partial charge in [-0.05, 0) is 48.6 Å². The molecule has 0 radical (unpaired) electrons. The molecule has 1 heterocycles. The predicted octanol–water partition coefficient (Wildman–Crippen LogP) is 5.39. The molecule has 1 saturated heterocycles. The monoisotopic (exact) mass is 547 g/mol. The molecule has 0 bridgehead atoms. The number of anilines is 1. The van der Waals surface area contributed by atoms with Crippen LogP contribution < -0.4 is 16.0 Å².